The van der Waals surface area contributed by atoms with Crippen LogP contribution in [-0.2, 0) is 4.74 Å². The first-order chi connectivity index (χ1) is 13.2. The van der Waals surface area contributed by atoms with Gasteiger partial charge in [0.15, 0.2) is 5.96 Å². The average Bonchev–Trinajstić information content (AvgIpc) is 2.66. The Morgan fingerprint density at radius 3 is 2.56 bits per heavy atom. The molecule has 0 saturated carbocycles. The number of aliphatic imine (C=N–C) groups is 1. The Labute approximate surface area is 165 Å². The van der Waals surface area contributed by atoms with Crippen molar-refractivity contribution in [2.45, 2.75) is 38.5 Å². The van der Waals surface area contributed by atoms with Gasteiger partial charge in [0.25, 0.3) is 0 Å². The normalized spacial score (nSPS) is 11.7. The fourth-order valence-corrected chi connectivity index (χ4v) is 2.66. The van der Waals surface area contributed by atoms with E-state index in [9.17, 15) is 0 Å². The first-order valence-corrected chi connectivity index (χ1v) is 10.00. The van der Waals surface area contributed by atoms with Crippen molar-refractivity contribution in [2.24, 2.45) is 4.99 Å². The molecule has 0 aromatic heterocycles. The molecule has 6 heteroatoms. The summed E-state index contributed by atoms with van der Waals surface area (Å²) in [5.74, 6) is 1.64. The molecule has 0 aliphatic rings. The summed E-state index contributed by atoms with van der Waals surface area (Å²) in [6.07, 6.45) is 7.18. The van der Waals surface area contributed by atoms with Crippen molar-refractivity contribution in [2.75, 3.05) is 59.9 Å². The number of benzene rings is 1. The van der Waals surface area contributed by atoms with Crippen molar-refractivity contribution < 1.29 is 9.47 Å². The third kappa shape index (κ3) is 12.3. The lowest BCUT2D eigenvalue weighted by atomic mass is 10.1. The zero-order valence-corrected chi connectivity index (χ0v) is 17.6. The second-order valence-corrected chi connectivity index (χ2v) is 6.92. The lowest BCUT2D eigenvalue weighted by molar-refractivity contribution is 0.172. The van der Waals surface area contributed by atoms with Gasteiger partial charge in [-0.3, -0.25) is 4.99 Å². The second kappa shape index (κ2) is 15.3. The molecule has 0 amide bonds. The molecule has 0 radical (unpaired) electrons. The smallest absolute Gasteiger partial charge is 0.195 e. The highest BCUT2D eigenvalue weighted by Crippen LogP contribution is 2.17. The predicted octanol–water partition coefficient (Wildman–Crippen LogP) is 3.60. The van der Waals surface area contributed by atoms with Crippen LogP contribution in [0, 0.1) is 0 Å². The van der Waals surface area contributed by atoms with Crippen molar-refractivity contribution >= 4 is 11.6 Å². The van der Waals surface area contributed by atoms with Crippen LogP contribution in [0.15, 0.2) is 29.3 Å². The largest absolute Gasteiger partial charge is 0.493 e. The zero-order chi connectivity index (χ0) is 19.7. The summed E-state index contributed by atoms with van der Waals surface area (Å²) < 4.78 is 10.8. The highest BCUT2D eigenvalue weighted by atomic mass is 16.5. The molecule has 1 aromatic rings. The van der Waals surface area contributed by atoms with Crippen LogP contribution in [0.25, 0.3) is 0 Å². The van der Waals surface area contributed by atoms with Crippen LogP contribution < -0.4 is 15.4 Å². The van der Waals surface area contributed by atoms with Gasteiger partial charge in [-0.1, -0.05) is 25.3 Å². The summed E-state index contributed by atoms with van der Waals surface area (Å²) in [5.41, 5.74) is 0.969. The molecule has 6 nitrogen and oxygen atoms in total. The van der Waals surface area contributed by atoms with E-state index in [0.29, 0.717) is 13.2 Å². The molecule has 0 aliphatic carbocycles. The van der Waals surface area contributed by atoms with E-state index in [1.165, 1.54) is 32.2 Å². The SMILES string of the molecule is CN=C(NCCCCCCCN(C)C)Nc1cccc(OCCCOC)c1. The molecule has 1 rings (SSSR count). The van der Waals surface area contributed by atoms with Crippen molar-refractivity contribution in [1.82, 2.24) is 10.2 Å². The van der Waals surface area contributed by atoms with Gasteiger partial charge >= 0.3 is 0 Å². The third-order valence-electron chi connectivity index (χ3n) is 4.16. The maximum Gasteiger partial charge on any atom is 0.195 e. The molecule has 0 saturated heterocycles. The third-order valence-corrected chi connectivity index (χ3v) is 4.16. The molecule has 1 aromatic carbocycles. The van der Waals surface area contributed by atoms with E-state index in [0.717, 1.165) is 36.8 Å². The number of nitrogens with one attached hydrogen (secondary N) is 2. The van der Waals surface area contributed by atoms with Crippen molar-refractivity contribution in [3.63, 3.8) is 0 Å². The Morgan fingerprint density at radius 1 is 1.04 bits per heavy atom. The van der Waals surface area contributed by atoms with E-state index in [-0.39, 0.29) is 0 Å². The molecule has 0 heterocycles. The van der Waals surface area contributed by atoms with E-state index in [1.54, 1.807) is 14.2 Å². The number of methoxy groups -OCH3 is 1. The van der Waals surface area contributed by atoms with E-state index in [4.69, 9.17) is 9.47 Å². The van der Waals surface area contributed by atoms with E-state index in [2.05, 4.69) is 34.6 Å². The quantitative estimate of drug-likeness (QED) is 0.294. The van der Waals surface area contributed by atoms with E-state index in [1.807, 2.05) is 24.3 Å². The fourth-order valence-electron chi connectivity index (χ4n) is 2.66. The van der Waals surface area contributed by atoms with Crippen LogP contribution in [0.1, 0.15) is 38.5 Å². The van der Waals surface area contributed by atoms with Crippen LogP contribution in [0.3, 0.4) is 0 Å². The minimum Gasteiger partial charge on any atom is -0.493 e. The van der Waals surface area contributed by atoms with Crippen molar-refractivity contribution in [1.29, 1.82) is 0 Å². The Kier molecular flexibility index (Phi) is 13.2. The number of hydrogen-bond acceptors (Lipinski definition) is 4. The van der Waals surface area contributed by atoms with Crippen molar-refractivity contribution in [3.8, 4) is 5.75 Å². The topological polar surface area (TPSA) is 58.1 Å². The summed E-state index contributed by atoms with van der Waals surface area (Å²) in [4.78, 5) is 6.54. The van der Waals surface area contributed by atoms with Crippen LogP contribution in [0.5, 0.6) is 5.75 Å². The van der Waals surface area contributed by atoms with E-state index < -0.39 is 0 Å². The fraction of sp³-hybridized carbons (Fsp3) is 0.667. The van der Waals surface area contributed by atoms with Crippen molar-refractivity contribution in [3.05, 3.63) is 24.3 Å². The summed E-state index contributed by atoms with van der Waals surface area (Å²) in [6, 6.07) is 7.95. The zero-order valence-electron chi connectivity index (χ0n) is 17.6. The lowest BCUT2D eigenvalue weighted by Gasteiger charge is -2.13. The Balaban J connectivity index is 2.23. The number of rotatable bonds is 14. The Morgan fingerprint density at radius 2 is 1.81 bits per heavy atom. The molecule has 0 atom stereocenters. The molecule has 0 unspecified atom stereocenters. The predicted molar refractivity (Wildman–Crippen MR) is 115 cm³/mol. The number of unbranched alkanes of at least 4 members (excludes halogenated alkanes) is 4. The van der Waals surface area contributed by atoms with Gasteiger partial charge in [0.05, 0.1) is 6.61 Å². The van der Waals surface area contributed by atoms with Crippen LogP contribution in [-0.4, -0.2) is 65.4 Å². The molecule has 154 valence electrons. The standard InChI is InChI=1S/C21H38N4O2/c1-22-21(23-14-8-6-5-7-9-15-25(2)3)24-19-12-10-13-20(18-19)27-17-11-16-26-4/h10,12-13,18H,5-9,11,14-17H2,1-4H3,(H2,22,23,24). The van der Waals surface area contributed by atoms with E-state index >= 15 is 0 Å². The van der Waals surface area contributed by atoms with Gasteiger partial charge in [-0.25, -0.2) is 0 Å². The Bertz CT molecular complexity index is 521. The molecule has 0 spiro atoms. The lowest BCUT2D eigenvalue weighted by Crippen LogP contribution is -2.31. The molecule has 0 fully saturated rings. The van der Waals surface area contributed by atoms with Crippen LogP contribution in [0.2, 0.25) is 0 Å². The maximum atomic E-state index is 5.74. The number of anilines is 1. The van der Waals surface area contributed by atoms with Gasteiger partial charge < -0.3 is 25.0 Å². The molecule has 0 bridgehead atoms. The molecular weight excluding hydrogens is 340 g/mol. The molecule has 0 aliphatic heterocycles. The van der Waals surface area contributed by atoms with Gasteiger partial charge in [0.2, 0.25) is 0 Å². The number of hydrogen-bond donors (Lipinski definition) is 2. The highest BCUT2D eigenvalue weighted by Gasteiger charge is 2.01. The molecule has 27 heavy (non-hydrogen) atoms. The van der Waals surface area contributed by atoms with Crippen LogP contribution >= 0.6 is 0 Å². The number of ether oxygens (including phenoxy) is 2. The summed E-state index contributed by atoms with van der Waals surface area (Å²) in [7, 11) is 7.76. The van der Waals surface area contributed by atoms with Gasteiger partial charge in [0.1, 0.15) is 5.75 Å². The van der Waals surface area contributed by atoms with Gasteiger partial charge in [-0.15, -0.1) is 0 Å². The van der Waals surface area contributed by atoms with Gasteiger partial charge in [-0.2, -0.15) is 0 Å². The summed E-state index contributed by atoms with van der Waals surface area (Å²) >= 11 is 0. The monoisotopic (exact) mass is 378 g/mol. The highest BCUT2D eigenvalue weighted by molar-refractivity contribution is 5.93. The van der Waals surface area contributed by atoms with Gasteiger partial charge in [0, 0.05) is 45.5 Å². The first-order valence-electron chi connectivity index (χ1n) is 10.00. The second-order valence-electron chi connectivity index (χ2n) is 6.92. The summed E-state index contributed by atoms with van der Waals surface area (Å²) in [6.45, 7) is 3.48. The average molecular weight is 379 g/mol. The molecule has 2 N–H and O–H groups in total. The summed E-state index contributed by atoms with van der Waals surface area (Å²) in [5, 5.41) is 6.70. The maximum absolute atomic E-state index is 5.74. The molecular formula is C21H38N4O2. The minimum absolute atomic E-state index is 0.652. The first kappa shape index (κ1) is 23.2. The minimum atomic E-state index is 0.652. The van der Waals surface area contributed by atoms with Gasteiger partial charge in [-0.05, 0) is 45.6 Å². The Hall–Kier alpha value is -1.79. The number of nitrogens with zero attached hydrogens (tertiary/aromatic N) is 2. The van der Waals surface area contributed by atoms with Crippen LogP contribution in [0.4, 0.5) is 5.69 Å². The number of guanidine groups is 1.